The summed E-state index contributed by atoms with van der Waals surface area (Å²) in [6.07, 6.45) is 10.8. The van der Waals surface area contributed by atoms with Gasteiger partial charge in [-0.25, -0.2) is 4.85 Å². The molecular formula is C77H85N7O4. The van der Waals surface area contributed by atoms with Crippen LogP contribution in [0.1, 0.15) is 135 Å². The van der Waals surface area contributed by atoms with Gasteiger partial charge < -0.3 is 35.0 Å². The molecule has 0 amide bonds. The van der Waals surface area contributed by atoms with Gasteiger partial charge in [0.25, 0.3) is 0 Å². The maximum atomic E-state index is 7.76. The zero-order valence-corrected chi connectivity index (χ0v) is 52.0. The van der Waals surface area contributed by atoms with Gasteiger partial charge >= 0.3 is 0 Å². The fourth-order valence-corrected chi connectivity index (χ4v) is 12.4. The second-order valence-corrected chi connectivity index (χ2v) is 24.4. The van der Waals surface area contributed by atoms with Crippen molar-refractivity contribution in [1.29, 1.82) is 10.8 Å². The van der Waals surface area contributed by atoms with Crippen LogP contribution in [0.25, 0.3) is 37.2 Å². The first-order valence-electron chi connectivity index (χ1n) is 31.4. The summed E-state index contributed by atoms with van der Waals surface area (Å²) in [5, 5.41) is 29.9. The van der Waals surface area contributed by atoms with Gasteiger partial charge in [-0.05, 0) is 215 Å². The summed E-state index contributed by atoms with van der Waals surface area (Å²) in [7, 11) is 1.58. The number of nitrogens with zero attached hydrogens (tertiary/aromatic N) is 3. The Balaban J connectivity index is 0.000000146. The number of likely N-dealkylation sites (tertiary alicyclic amines) is 1. The standard InChI is InChI=1S/C26H30N4O.C26H30N2O2.C25H25NO/c1-17(13-19-3-4-21-5-6-22(26(28)29)15-23(21)14-19)20-7-9-24(10-8-20)31-25-11-12-30(16-25)18(2)27;1-18(21-8-10-25(11-9-21)30-26-12-13-27-17-26)14-20-4-5-22-6-7-23(16-24(22)15-20)19(2)28-29-3;1-18(20-10-13-25(14-11-20)27-24-5-3-4-6-24)15-19-7-8-21-9-12-23(26-2)17-22(21)16-19/h3-10,14-15,17,25,27H,11-13,16H2,1-2H3,(H3,28,29);4-11,15-16,18,26-27H,12-14,17H2,1-3H3;7-14,16-18,24H,3-6,15H2,1H3/b;28-19+;/t17-,25-;18-,26?;18-/m000/s1. The van der Waals surface area contributed by atoms with Gasteiger partial charge in [0, 0.05) is 25.1 Å². The van der Waals surface area contributed by atoms with E-state index >= 15 is 0 Å². The van der Waals surface area contributed by atoms with Gasteiger partial charge in [0.1, 0.15) is 42.4 Å². The molecular weight excluding hydrogens is 1090 g/mol. The first-order valence-corrected chi connectivity index (χ1v) is 31.4. The molecule has 5 N–H and O–H groups in total. The van der Waals surface area contributed by atoms with Gasteiger partial charge in [0.2, 0.25) is 0 Å². The van der Waals surface area contributed by atoms with Crippen LogP contribution in [-0.4, -0.2) is 73.9 Å². The first-order chi connectivity index (χ1) is 42.7. The molecule has 12 rings (SSSR count). The summed E-state index contributed by atoms with van der Waals surface area (Å²) in [6, 6.07) is 63.7. The van der Waals surface area contributed by atoms with Crippen LogP contribution in [0.5, 0.6) is 17.2 Å². The van der Waals surface area contributed by atoms with E-state index in [9.17, 15) is 0 Å². The molecule has 9 aromatic carbocycles. The minimum Gasteiger partial charge on any atom is -0.490 e. The fraction of sp³-hybridized carbons (Fsp3) is 0.325. The quantitative estimate of drug-likeness (QED) is 0.0290. The average Bonchev–Trinajstić information content (AvgIpc) is 4.34. The molecule has 2 aliphatic heterocycles. The normalized spacial score (nSPS) is 16.8. The maximum absolute atomic E-state index is 7.76. The smallest absolute Gasteiger partial charge is 0.187 e. The Kier molecular flexibility index (Phi) is 20.9. The minimum absolute atomic E-state index is 0.0984. The van der Waals surface area contributed by atoms with Crippen molar-refractivity contribution < 1.29 is 19.0 Å². The molecule has 452 valence electrons. The molecule has 1 aliphatic carbocycles. The third-order valence-electron chi connectivity index (χ3n) is 17.6. The Morgan fingerprint density at radius 2 is 0.989 bits per heavy atom. The number of nitrogen functional groups attached to an aromatic ring is 1. The van der Waals surface area contributed by atoms with Gasteiger partial charge in [-0.2, -0.15) is 0 Å². The lowest BCUT2D eigenvalue weighted by atomic mass is 9.92. The molecule has 1 saturated carbocycles. The highest BCUT2D eigenvalue weighted by Gasteiger charge is 2.25. The van der Waals surface area contributed by atoms with Crippen LogP contribution in [0, 0.1) is 17.4 Å². The molecule has 0 aromatic heterocycles. The third kappa shape index (κ3) is 16.7. The van der Waals surface area contributed by atoms with Gasteiger partial charge in [0.05, 0.1) is 30.8 Å². The Bertz CT molecular complexity index is 3900. The summed E-state index contributed by atoms with van der Waals surface area (Å²) in [5.74, 6) is 4.82. The number of nitrogens with one attached hydrogen (secondary N) is 3. The zero-order valence-electron chi connectivity index (χ0n) is 52.0. The van der Waals surface area contributed by atoms with Crippen molar-refractivity contribution in [2.45, 2.75) is 128 Å². The van der Waals surface area contributed by atoms with E-state index in [1.807, 2.05) is 50.2 Å². The van der Waals surface area contributed by atoms with Crippen LogP contribution in [0.4, 0.5) is 5.69 Å². The number of oxime groups is 1. The monoisotopic (exact) mass is 1170 g/mol. The molecule has 11 nitrogen and oxygen atoms in total. The first kappa shape index (κ1) is 62.1. The summed E-state index contributed by atoms with van der Waals surface area (Å²) in [6.45, 7) is 21.5. The molecule has 0 spiro atoms. The van der Waals surface area contributed by atoms with Crippen LogP contribution in [0.15, 0.2) is 187 Å². The number of nitrogens with two attached hydrogens (primary N) is 1. The van der Waals surface area contributed by atoms with Crippen molar-refractivity contribution in [1.82, 2.24) is 10.2 Å². The summed E-state index contributed by atoms with van der Waals surface area (Å²) < 4.78 is 18.2. The number of ether oxygens (including phenoxy) is 3. The van der Waals surface area contributed by atoms with Gasteiger partial charge in [-0.3, -0.25) is 10.8 Å². The topological polar surface area (TPSA) is 143 Å². The van der Waals surface area contributed by atoms with Crippen molar-refractivity contribution in [2.24, 2.45) is 10.9 Å². The molecule has 2 heterocycles. The molecule has 11 heteroatoms. The van der Waals surface area contributed by atoms with Crippen molar-refractivity contribution in [3.8, 4) is 17.2 Å². The molecule has 5 atom stereocenters. The van der Waals surface area contributed by atoms with E-state index in [0.29, 0.717) is 41.5 Å². The third-order valence-corrected chi connectivity index (χ3v) is 17.6. The molecule has 3 fully saturated rings. The number of hydrogen-bond donors (Lipinski definition) is 4. The highest BCUT2D eigenvalue weighted by atomic mass is 16.6. The van der Waals surface area contributed by atoms with Crippen molar-refractivity contribution in [3.63, 3.8) is 0 Å². The SMILES string of the molecule is CC(=N)N1CC[C@H](Oc2ccc([C@@H](C)Cc3ccc4ccc(C(=N)N)cc4c3)cc2)C1.CO/N=C(\C)c1ccc2ccc(C[C@H](C)c3ccc(OC4CCNC4)cc3)cc2c1.[C-]#[N+]c1ccc2ccc(C[C@H](C)c3ccc(OC4CCCC4)cc3)cc2c1. The number of rotatable bonds is 18. The highest BCUT2D eigenvalue weighted by Crippen LogP contribution is 2.32. The molecule has 88 heavy (non-hydrogen) atoms. The van der Waals surface area contributed by atoms with Crippen molar-refractivity contribution >= 4 is 55.4 Å². The fourth-order valence-electron chi connectivity index (χ4n) is 12.4. The Labute approximate surface area is 520 Å². The molecule has 1 unspecified atom stereocenters. The number of amidine groups is 2. The second kappa shape index (κ2) is 29.6. The Hall–Kier alpha value is -8.98. The van der Waals surface area contributed by atoms with Crippen LogP contribution in [0.3, 0.4) is 0 Å². The van der Waals surface area contributed by atoms with Gasteiger partial charge in [0.15, 0.2) is 5.69 Å². The van der Waals surface area contributed by atoms with E-state index in [0.717, 1.165) is 109 Å². The van der Waals surface area contributed by atoms with Crippen molar-refractivity contribution in [3.05, 3.63) is 238 Å². The van der Waals surface area contributed by atoms with Gasteiger partial charge in [-0.1, -0.05) is 153 Å². The van der Waals surface area contributed by atoms with E-state index in [4.69, 9.17) is 42.2 Å². The second-order valence-electron chi connectivity index (χ2n) is 24.4. The Morgan fingerprint density at radius 1 is 0.545 bits per heavy atom. The maximum Gasteiger partial charge on any atom is 0.187 e. The van der Waals surface area contributed by atoms with E-state index in [1.165, 1.54) is 75.2 Å². The molecule has 0 bridgehead atoms. The van der Waals surface area contributed by atoms with Crippen LogP contribution >= 0.6 is 0 Å². The molecule has 3 aliphatic rings. The summed E-state index contributed by atoms with van der Waals surface area (Å²) >= 11 is 0. The predicted molar refractivity (Wildman–Crippen MR) is 363 cm³/mol. The predicted octanol–water partition coefficient (Wildman–Crippen LogP) is 17.3. The van der Waals surface area contributed by atoms with Crippen LogP contribution in [0.2, 0.25) is 0 Å². The summed E-state index contributed by atoms with van der Waals surface area (Å²) in [5.41, 5.74) is 17.0. The number of benzene rings is 9. The van der Waals surface area contributed by atoms with E-state index in [1.54, 1.807) is 7.11 Å². The zero-order chi connectivity index (χ0) is 61.5. The van der Waals surface area contributed by atoms with E-state index < -0.39 is 0 Å². The lowest BCUT2D eigenvalue weighted by molar-refractivity contribution is 0.210. The summed E-state index contributed by atoms with van der Waals surface area (Å²) in [4.78, 5) is 10.5. The van der Waals surface area contributed by atoms with E-state index in [2.05, 4.69) is 187 Å². The number of hydrogen-bond acceptors (Lipinski definition) is 8. The molecule has 2 saturated heterocycles. The number of fused-ring (bicyclic) bond motifs is 3. The Morgan fingerprint density at radius 3 is 1.43 bits per heavy atom. The minimum atomic E-state index is 0.0984. The van der Waals surface area contributed by atoms with E-state index in [-0.39, 0.29) is 11.9 Å². The lowest BCUT2D eigenvalue weighted by Crippen LogP contribution is -2.28. The molecule has 0 radical (unpaired) electrons. The lowest BCUT2D eigenvalue weighted by Gasteiger charge is -2.18. The largest absolute Gasteiger partial charge is 0.490 e. The van der Waals surface area contributed by atoms with Crippen LogP contribution < -0.4 is 25.3 Å². The van der Waals surface area contributed by atoms with Gasteiger partial charge in [-0.15, -0.1) is 0 Å². The van der Waals surface area contributed by atoms with Crippen molar-refractivity contribution in [2.75, 3.05) is 33.3 Å². The molecule has 9 aromatic rings. The highest BCUT2D eigenvalue weighted by molar-refractivity contribution is 6.02. The van der Waals surface area contributed by atoms with Crippen LogP contribution in [-0.2, 0) is 24.1 Å². The average molecular weight is 1170 g/mol.